The fourth-order valence-corrected chi connectivity index (χ4v) is 5.92. The molecule has 11 nitrogen and oxygen atoms in total. The molecule has 0 aliphatic heterocycles. The largest absolute Gasteiger partial charge is 0.466 e. The number of imidazole rings is 1. The van der Waals surface area contributed by atoms with Gasteiger partial charge in [0.15, 0.2) is 11.2 Å². The molecule has 0 spiro atoms. The molecule has 48 heavy (non-hydrogen) atoms. The smallest absolute Gasteiger partial charge is 0.323 e. The van der Waals surface area contributed by atoms with Gasteiger partial charge in [-0.05, 0) is 12.3 Å². The third-order valence-corrected chi connectivity index (χ3v) is 9.15. The zero-order chi connectivity index (χ0) is 35.0. The summed E-state index contributed by atoms with van der Waals surface area (Å²) in [6, 6.07) is -0.751. The number of carbonyl (C=O) groups excluding carboxylic acids is 2. The Labute approximate surface area is 288 Å². The Bertz CT molecular complexity index is 1210. The summed E-state index contributed by atoms with van der Waals surface area (Å²) in [4.78, 5) is 47.8. The topological polar surface area (TPSA) is 168 Å². The van der Waals surface area contributed by atoms with Crippen LogP contribution in [-0.2, 0) is 25.6 Å². The van der Waals surface area contributed by atoms with Crippen LogP contribution in [0.2, 0.25) is 0 Å². The molecule has 0 aliphatic rings. The molecular weight excluding hydrogens is 608 g/mol. The second kappa shape index (κ2) is 25.1. The average molecular weight is 675 g/mol. The SMILES string of the molecule is CCCCCCCCCCCCCCCCCCCCCC(=O)OCCC(CCn1cnc2c(=O)[nH]c(N)nc21)OC(=O)[C@@H](N)C(C)C. The predicted molar refractivity (Wildman–Crippen MR) is 193 cm³/mol. The molecule has 5 N–H and O–H groups in total. The molecule has 0 bridgehead atoms. The van der Waals surface area contributed by atoms with Crippen LogP contribution < -0.4 is 17.0 Å². The van der Waals surface area contributed by atoms with Gasteiger partial charge in [0.1, 0.15) is 12.1 Å². The number of H-pyrrole nitrogens is 1. The van der Waals surface area contributed by atoms with Crippen molar-refractivity contribution in [1.82, 2.24) is 19.5 Å². The molecule has 2 atom stereocenters. The molecule has 0 saturated heterocycles. The molecule has 0 aromatic carbocycles. The summed E-state index contributed by atoms with van der Waals surface area (Å²) in [6.07, 6.45) is 27.0. The lowest BCUT2D eigenvalue weighted by atomic mass is 10.0. The van der Waals surface area contributed by atoms with Crippen LogP contribution in [0.1, 0.15) is 162 Å². The molecule has 2 aromatic heterocycles. The van der Waals surface area contributed by atoms with Gasteiger partial charge < -0.3 is 25.5 Å². The number of unbranched alkanes of at least 4 members (excludes halogenated alkanes) is 18. The number of aryl methyl sites for hydroxylation is 1. The second-order valence-corrected chi connectivity index (χ2v) is 13.8. The summed E-state index contributed by atoms with van der Waals surface area (Å²) < 4.78 is 12.9. The van der Waals surface area contributed by atoms with Gasteiger partial charge >= 0.3 is 11.9 Å². The van der Waals surface area contributed by atoms with Crippen molar-refractivity contribution in [2.24, 2.45) is 11.7 Å². The zero-order valence-corrected chi connectivity index (χ0v) is 30.3. The normalized spacial score (nSPS) is 12.9. The van der Waals surface area contributed by atoms with Gasteiger partial charge in [-0.3, -0.25) is 19.4 Å². The summed E-state index contributed by atoms with van der Waals surface area (Å²) in [7, 11) is 0. The Kier molecular flexibility index (Phi) is 21.5. The van der Waals surface area contributed by atoms with Gasteiger partial charge in [-0.1, -0.05) is 136 Å². The predicted octanol–water partition coefficient (Wildman–Crippen LogP) is 7.74. The number of nitrogens with two attached hydrogens (primary N) is 2. The van der Waals surface area contributed by atoms with E-state index in [1.807, 2.05) is 13.8 Å². The maximum atomic E-state index is 12.6. The third-order valence-electron chi connectivity index (χ3n) is 9.15. The van der Waals surface area contributed by atoms with Crippen LogP contribution in [0.3, 0.4) is 0 Å². The van der Waals surface area contributed by atoms with Gasteiger partial charge in [-0.25, -0.2) is 4.98 Å². The number of nitrogens with zero attached hydrogens (tertiary/aromatic N) is 3. The highest BCUT2D eigenvalue weighted by Gasteiger charge is 2.23. The van der Waals surface area contributed by atoms with Crippen molar-refractivity contribution in [1.29, 1.82) is 0 Å². The Balaban J connectivity index is 1.54. The summed E-state index contributed by atoms with van der Waals surface area (Å²) in [5, 5.41) is 0. The first-order valence-electron chi connectivity index (χ1n) is 19.0. The lowest BCUT2D eigenvalue weighted by Gasteiger charge is -2.22. The Hall–Kier alpha value is -2.95. The highest BCUT2D eigenvalue weighted by Crippen LogP contribution is 2.16. The first-order valence-corrected chi connectivity index (χ1v) is 19.0. The molecule has 2 aromatic rings. The van der Waals surface area contributed by atoms with Crippen molar-refractivity contribution in [3.05, 3.63) is 16.7 Å². The van der Waals surface area contributed by atoms with Crippen LogP contribution in [0.25, 0.3) is 11.2 Å². The number of anilines is 1. The van der Waals surface area contributed by atoms with E-state index in [1.54, 1.807) is 4.57 Å². The van der Waals surface area contributed by atoms with E-state index in [2.05, 4.69) is 21.9 Å². The van der Waals surface area contributed by atoms with E-state index in [4.69, 9.17) is 20.9 Å². The summed E-state index contributed by atoms with van der Waals surface area (Å²) in [5.41, 5.74) is 11.8. The number of ether oxygens (including phenoxy) is 2. The van der Waals surface area contributed by atoms with E-state index in [-0.39, 0.29) is 30.0 Å². The van der Waals surface area contributed by atoms with Crippen LogP contribution in [0.4, 0.5) is 5.95 Å². The standard InChI is InChI=1S/C37H66N6O5/c1-4-5-6-7-8-9-10-11-12-13-14-15-16-17-18-19-20-21-22-23-31(44)47-27-25-30(48-36(46)32(38)29(2)3)24-26-43-28-40-33-34(43)41-37(39)42-35(33)45/h28-30,32H,4-27,38H2,1-3H3,(H3,39,41,42,45)/t30?,32-/m0/s1. The number of aromatic amines is 1. The fraction of sp³-hybridized carbons (Fsp3) is 0.811. The Morgan fingerprint density at radius 3 is 1.88 bits per heavy atom. The number of esters is 2. The average Bonchev–Trinajstić information content (AvgIpc) is 3.47. The highest BCUT2D eigenvalue weighted by molar-refractivity contribution is 5.76. The molecule has 274 valence electrons. The Morgan fingerprint density at radius 1 is 0.833 bits per heavy atom. The molecule has 0 radical (unpaired) electrons. The van der Waals surface area contributed by atoms with Crippen molar-refractivity contribution in [2.75, 3.05) is 12.3 Å². The van der Waals surface area contributed by atoms with Gasteiger partial charge in [-0.2, -0.15) is 4.98 Å². The molecule has 0 aliphatic carbocycles. The molecule has 0 fully saturated rings. The Morgan fingerprint density at radius 2 is 1.35 bits per heavy atom. The zero-order valence-electron chi connectivity index (χ0n) is 30.3. The molecule has 0 amide bonds. The highest BCUT2D eigenvalue weighted by atomic mass is 16.6. The van der Waals surface area contributed by atoms with E-state index >= 15 is 0 Å². The first kappa shape index (κ1) is 41.2. The van der Waals surface area contributed by atoms with Gasteiger partial charge in [-0.15, -0.1) is 0 Å². The van der Waals surface area contributed by atoms with E-state index in [9.17, 15) is 14.4 Å². The van der Waals surface area contributed by atoms with Crippen molar-refractivity contribution in [3.8, 4) is 0 Å². The molecule has 2 rings (SSSR count). The van der Waals surface area contributed by atoms with E-state index in [0.717, 1.165) is 19.3 Å². The van der Waals surface area contributed by atoms with Crippen molar-refractivity contribution >= 4 is 29.1 Å². The summed E-state index contributed by atoms with van der Waals surface area (Å²) >= 11 is 0. The molecule has 0 saturated carbocycles. The molecule has 11 heteroatoms. The van der Waals surface area contributed by atoms with Crippen molar-refractivity contribution < 1.29 is 19.1 Å². The van der Waals surface area contributed by atoms with Crippen LogP contribution >= 0.6 is 0 Å². The number of aromatic nitrogens is 4. The van der Waals surface area contributed by atoms with Gasteiger partial charge in [0.25, 0.3) is 5.56 Å². The maximum absolute atomic E-state index is 12.6. The quantitative estimate of drug-likeness (QED) is 0.0577. The first-order chi connectivity index (χ1) is 23.2. The van der Waals surface area contributed by atoms with Crippen LogP contribution in [-0.4, -0.2) is 50.2 Å². The number of hydrogen-bond acceptors (Lipinski definition) is 9. The number of fused-ring (bicyclic) bond motifs is 1. The van der Waals surface area contributed by atoms with Gasteiger partial charge in [0.2, 0.25) is 5.95 Å². The lowest BCUT2D eigenvalue weighted by molar-refractivity contribution is -0.154. The molecule has 2 heterocycles. The third kappa shape index (κ3) is 17.4. The number of rotatable bonds is 29. The fourth-order valence-electron chi connectivity index (χ4n) is 5.92. The van der Waals surface area contributed by atoms with E-state index in [0.29, 0.717) is 31.5 Å². The number of nitrogens with one attached hydrogen (secondary N) is 1. The minimum absolute atomic E-state index is 0.00271. The van der Waals surface area contributed by atoms with Crippen LogP contribution in [0.15, 0.2) is 11.1 Å². The minimum Gasteiger partial charge on any atom is -0.466 e. The number of carbonyl (C=O) groups is 2. The number of hydrogen-bond donors (Lipinski definition) is 3. The lowest BCUT2D eigenvalue weighted by Crippen LogP contribution is -2.39. The molecule has 1 unspecified atom stereocenters. The van der Waals surface area contributed by atoms with Crippen LogP contribution in [0, 0.1) is 5.92 Å². The van der Waals surface area contributed by atoms with Crippen LogP contribution in [0.5, 0.6) is 0 Å². The monoisotopic (exact) mass is 675 g/mol. The maximum Gasteiger partial charge on any atom is 0.323 e. The van der Waals surface area contributed by atoms with Gasteiger partial charge in [0.05, 0.1) is 12.9 Å². The van der Waals surface area contributed by atoms with Crippen molar-refractivity contribution in [2.45, 2.75) is 181 Å². The summed E-state index contributed by atoms with van der Waals surface area (Å²) in [5.74, 6) is -0.807. The minimum atomic E-state index is -0.751. The van der Waals surface area contributed by atoms with E-state index < -0.39 is 23.7 Å². The molecular formula is C37H66N6O5. The number of nitrogen functional groups attached to an aromatic ring is 1. The van der Waals surface area contributed by atoms with Crippen molar-refractivity contribution in [3.63, 3.8) is 0 Å². The van der Waals surface area contributed by atoms with E-state index in [1.165, 1.54) is 109 Å². The van der Waals surface area contributed by atoms with Gasteiger partial charge in [0, 0.05) is 25.8 Å². The second-order valence-electron chi connectivity index (χ2n) is 13.8. The summed E-state index contributed by atoms with van der Waals surface area (Å²) in [6.45, 7) is 6.50.